The summed E-state index contributed by atoms with van der Waals surface area (Å²) in [5.41, 5.74) is 6.65. The minimum atomic E-state index is -3.95. The number of rotatable bonds is 12. The molecule has 0 fully saturated rings. The lowest BCUT2D eigenvalue weighted by atomic mass is 10.0. The first-order valence-corrected chi connectivity index (χ1v) is 14.9. The summed E-state index contributed by atoms with van der Waals surface area (Å²) in [5, 5.41) is 0.714. The van der Waals surface area contributed by atoms with Crippen LogP contribution in [-0.2, 0) is 21.2 Å². The summed E-state index contributed by atoms with van der Waals surface area (Å²) in [6.07, 6.45) is 1.02. The average molecular weight is 588 g/mol. The first-order valence-electron chi connectivity index (χ1n) is 12.2. The van der Waals surface area contributed by atoms with Crippen molar-refractivity contribution < 1.29 is 22.4 Å². The minimum Gasteiger partial charge on any atom is -0.368 e. The highest BCUT2D eigenvalue weighted by atomic mass is 35.5. The lowest BCUT2D eigenvalue weighted by Crippen LogP contribution is -2.49. The number of amides is 2. The van der Waals surface area contributed by atoms with E-state index in [4.69, 9.17) is 17.3 Å². The molecule has 0 spiro atoms. The molecule has 204 valence electrons. The number of hydrogen-bond donors (Lipinski definition) is 2. The molecule has 3 N–H and O–H groups in total. The van der Waals surface area contributed by atoms with E-state index in [9.17, 15) is 22.4 Å². The molecule has 0 saturated carbocycles. The lowest BCUT2D eigenvalue weighted by Gasteiger charge is -2.29. The molecule has 0 radical (unpaired) electrons. The van der Waals surface area contributed by atoms with Gasteiger partial charge in [0.05, 0.1) is 9.90 Å². The average Bonchev–Trinajstić information content (AvgIpc) is 3.34. The molecular weight excluding hydrogens is 561 g/mol. The van der Waals surface area contributed by atoms with Crippen molar-refractivity contribution in [3.63, 3.8) is 0 Å². The van der Waals surface area contributed by atoms with Crippen LogP contribution in [-0.4, -0.2) is 44.3 Å². The van der Waals surface area contributed by atoms with E-state index in [1.54, 1.807) is 6.07 Å². The Morgan fingerprint density at radius 2 is 1.72 bits per heavy atom. The minimum absolute atomic E-state index is 0.0564. The summed E-state index contributed by atoms with van der Waals surface area (Å²) in [5.74, 6) is -1.57. The van der Waals surface area contributed by atoms with E-state index in [0.29, 0.717) is 17.7 Å². The van der Waals surface area contributed by atoms with Crippen LogP contribution in [0.25, 0.3) is 10.1 Å². The molecule has 0 bridgehead atoms. The Morgan fingerprint density at radius 1 is 1.00 bits per heavy atom. The number of halogens is 2. The Labute approximate surface area is 235 Å². The van der Waals surface area contributed by atoms with Crippen LogP contribution in [0.5, 0.6) is 0 Å². The van der Waals surface area contributed by atoms with Crippen molar-refractivity contribution in [2.45, 2.75) is 30.2 Å². The zero-order chi connectivity index (χ0) is 28.0. The molecular formula is C28H27ClFN3O4S2. The zero-order valence-corrected chi connectivity index (χ0v) is 23.2. The number of thiophene rings is 1. The van der Waals surface area contributed by atoms with Crippen LogP contribution in [0.1, 0.15) is 28.1 Å². The fourth-order valence-electron chi connectivity index (χ4n) is 4.21. The number of primary amides is 1. The third-order valence-electron chi connectivity index (χ3n) is 6.18. The molecule has 11 heteroatoms. The van der Waals surface area contributed by atoms with Crippen LogP contribution < -0.4 is 10.5 Å². The molecule has 0 saturated heterocycles. The molecule has 3 aromatic carbocycles. The van der Waals surface area contributed by atoms with Crippen LogP contribution in [0.2, 0.25) is 5.02 Å². The van der Waals surface area contributed by atoms with E-state index in [1.165, 1.54) is 16.2 Å². The number of hydrogen-bond acceptors (Lipinski definition) is 5. The van der Waals surface area contributed by atoms with Gasteiger partial charge < -0.3 is 10.6 Å². The fraction of sp³-hybridized carbons (Fsp3) is 0.214. The molecule has 39 heavy (non-hydrogen) atoms. The zero-order valence-electron chi connectivity index (χ0n) is 20.8. The second-order valence-electron chi connectivity index (χ2n) is 8.93. The summed E-state index contributed by atoms with van der Waals surface area (Å²) in [4.78, 5) is 28.0. The molecule has 1 atom stereocenters. The third-order valence-corrected chi connectivity index (χ3v) is 9.22. The number of unbranched alkanes of at least 4 members (excludes halogenated alkanes) is 1. The number of carbonyl (C=O) groups is 2. The van der Waals surface area contributed by atoms with Crippen molar-refractivity contribution in [2.24, 2.45) is 5.73 Å². The summed E-state index contributed by atoms with van der Waals surface area (Å²) in [6.45, 7) is 0.243. The lowest BCUT2D eigenvalue weighted by molar-refractivity contribution is -0.122. The van der Waals surface area contributed by atoms with E-state index < -0.39 is 27.8 Å². The van der Waals surface area contributed by atoms with Gasteiger partial charge in [0.1, 0.15) is 16.8 Å². The van der Waals surface area contributed by atoms with Gasteiger partial charge in [0.2, 0.25) is 15.9 Å². The first kappa shape index (κ1) is 28.7. The van der Waals surface area contributed by atoms with Crippen LogP contribution in [0.4, 0.5) is 4.39 Å². The number of benzene rings is 3. The molecule has 0 aliphatic carbocycles. The second kappa shape index (κ2) is 12.7. The maximum Gasteiger partial charge on any atom is 0.264 e. The van der Waals surface area contributed by atoms with Gasteiger partial charge in [-0.25, -0.2) is 17.5 Å². The van der Waals surface area contributed by atoms with Gasteiger partial charge in [-0.2, -0.15) is 0 Å². The highest BCUT2D eigenvalue weighted by molar-refractivity contribution is 7.89. The quantitative estimate of drug-likeness (QED) is 0.228. The summed E-state index contributed by atoms with van der Waals surface area (Å²) < 4.78 is 41.9. The second-order valence-corrected chi connectivity index (χ2v) is 12.2. The number of fused-ring (bicyclic) bond motifs is 1. The van der Waals surface area contributed by atoms with Gasteiger partial charge in [0.25, 0.3) is 5.91 Å². The van der Waals surface area contributed by atoms with Gasteiger partial charge in [0, 0.05) is 24.2 Å². The smallest absolute Gasteiger partial charge is 0.264 e. The molecule has 4 aromatic rings. The van der Waals surface area contributed by atoms with Crippen molar-refractivity contribution >= 4 is 54.9 Å². The molecule has 0 unspecified atom stereocenters. The predicted octanol–water partition coefficient (Wildman–Crippen LogP) is 4.99. The normalized spacial score (nSPS) is 12.4. The van der Waals surface area contributed by atoms with Gasteiger partial charge in [-0.15, -0.1) is 11.3 Å². The summed E-state index contributed by atoms with van der Waals surface area (Å²) in [6, 6.07) is 20.9. The van der Waals surface area contributed by atoms with Gasteiger partial charge in [-0.1, -0.05) is 60.1 Å². The van der Waals surface area contributed by atoms with E-state index in [0.717, 1.165) is 33.8 Å². The fourth-order valence-corrected chi connectivity index (χ4v) is 6.84. The van der Waals surface area contributed by atoms with Gasteiger partial charge in [0.15, 0.2) is 0 Å². The summed E-state index contributed by atoms with van der Waals surface area (Å²) >= 11 is 7.24. The summed E-state index contributed by atoms with van der Waals surface area (Å²) in [7, 11) is -3.95. The largest absolute Gasteiger partial charge is 0.368 e. The number of carbonyl (C=O) groups excluding carboxylic acids is 2. The maximum absolute atomic E-state index is 13.7. The van der Waals surface area contributed by atoms with Crippen molar-refractivity contribution in [3.8, 4) is 0 Å². The third kappa shape index (κ3) is 7.21. The SMILES string of the molecule is NC(=O)[C@H](Cc1ccccc1)N(CCCCNS(=O)(=O)c1ccc(F)cc1Cl)C(=O)c1cc2ccccc2s1. The topological polar surface area (TPSA) is 110 Å². The highest BCUT2D eigenvalue weighted by Gasteiger charge is 2.30. The number of nitrogens with one attached hydrogen (secondary N) is 1. The standard InChI is InChI=1S/C28H27ClFN3O4S2/c29-22-18-21(30)12-13-26(22)39(36,37)32-14-6-7-15-33(23(27(31)34)16-19-8-2-1-3-9-19)28(35)25-17-20-10-4-5-11-24(20)38-25/h1-5,8-13,17-18,23,32H,6-7,14-16H2,(H2,31,34)/t23-/m0/s1. The monoisotopic (exact) mass is 587 g/mol. The number of nitrogens with two attached hydrogens (primary N) is 1. The molecule has 0 aliphatic rings. The molecule has 2 amide bonds. The van der Waals surface area contributed by atoms with Gasteiger partial charge in [-0.05, 0) is 54.1 Å². The van der Waals surface area contributed by atoms with E-state index in [-0.39, 0.29) is 35.3 Å². The van der Waals surface area contributed by atoms with Crippen LogP contribution in [0.15, 0.2) is 83.8 Å². The number of nitrogens with zero attached hydrogens (tertiary/aromatic N) is 1. The highest BCUT2D eigenvalue weighted by Crippen LogP contribution is 2.27. The van der Waals surface area contributed by atoms with E-state index in [2.05, 4.69) is 4.72 Å². The first-order chi connectivity index (χ1) is 18.7. The van der Waals surface area contributed by atoms with Gasteiger partial charge >= 0.3 is 0 Å². The number of sulfonamides is 1. The molecule has 4 rings (SSSR count). The predicted molar refractivity (Wildman–Crippen MR) is 152 cm³/mol. The van der Waals surface area contributed by atoms with Crippen molar-refractivity contribution in [3.05, 3.63) is 100 Å². The van der Waals surface area contributed by atoms with E-state index >= 15 is 0 Å². The maximum atomic E-state index is 13.7. The van der Waals surface area contributed by atoms with E-state index in [1.807, 2.05) is 54.6 Å². The van der Waals surface area contributed by atoms with Crippen molar-refractivity contribution in [1.82, 2.24) is 9.62 Å². The molecule has 1 heterocycles. The van der Waals surface area contributed by atoms with Crippen LogP contribution in [0.3, 0.4) is 0 Å². The van der Waals surface area contributed by atoms with Crippen molar-refractivity contribution in [1.29, 1.82) is 0 Å². The molecule has 7 nitrogen and oxygen atoms in total. The Balaban J connectivity index is 1.48. The molecule has 1 aromatic heterocycles. The van der Waals surface area contributed by atoms with Crippen LogP contribution >= 0.6 is 22.9 Å². The Morgan fingerprint density at radius 3 is 2.41 bits per heavy atom. The Kier molecular flexibility index (Phi) is 9.34. The Hall–Kier alpha value is -3.31. The molecule has 0 aliphatic heterocycles. The van der Waals surface area contributed by atoms with Gasteiger partial charge in [-0.3, -0.25) is 9.59 Å². The van der Waals surface area contributed by atoms with Crippen molar-refractivity contribution in [2.75, 3.05) is 13.1 Å². The Bertz CT molecular complexity index is 1550. The van der Waals surface area contributed by atoms with Crippen LogP contribution in [0, 0.1) is 5.82 Å².